The topological polar surface area (TPSA) is 47.3 Å². The number of ketones is 1. The van der Waals surface area contributed by atoms with Crippen molar-refractivity contribution in [2.75, 3.05) is 0 Å². The molecule has 5 rings (SSSR count). The summed E-state index contributed by atoms with van der Waals surface area (Å²) in [6.07, 6.45) is 2.75. The van der Waals surface area contributed by atoms with Crippen LogP contribution in [-0.2, 0) is 6.42 Å². The maximum absolute atomic E-state index is 13.3. The molecule has 0 aliphatic heterocycles. The minimum Gasteiger partial charge on any atom is -0.294 e. The zero-order valence-electron chi connectivity index (χ0n) is 15.4. The molecular formula is C23H18FN3O. The Bertz CT molecular complexity index is 1200. The Morgan fingerprint density at radius 3 is 2.54 bits per heavy atom. The van der Waals surface area contributed by atoms with Gasteiger partial charge in [-0.2, -0.15) is 5.10 Å². The van der Waals surface area contributed by atoms with Crippen LogP contribution in [0.25, 0.3) is 16.8 Å². The molecule has 138 valence electrons. The van der Waals surface area contributed by atoms with E-state index in [2.05, 4.69) is 4.98 Å². The van der Waals surface area contributed by atoms with Crippen LogP contribution < -0.4 is 0 Å². The molecule has 1 aliphatic rings. The predicted molar refractivity (Wildman–Crippen MR) is 105 cm³/mol. The lowest BCUT2D eigenvalue weighted by Crippen LogP contribution is -2.22. The highest BCUT2D eigenvalue weighted by atomic mass is 19.1. The first-order valence-electron chi connectivity index (χ1n) is 9.33. The minimum absolute atomic E-state index is 0.0101. The molecule has 4 aromatic rings. The van der Waals surface area contributed by atoms with Gasteiger partial charge in [-0.15, -0.1) is 0 Å². The standard InChI is InChI=1S/C23H18FN3O/c1-14-22(16-5-3-2-4-6-16)23-25-13-19-20(27(23)26-14)11-17(12-21(19)28)15-7-9-18(24)10-8-15/h2-10,13,17H,11-12H2,1H3. The van der Waals surface area contributed by atoms with E-state index < -0.39 is 0 Å². The van der Waals surface area contributed by atoms with Crippen LogP contribution in [0.5, 0.6) is 0 Å². The summed E-state index contributed by atoms with van der Waals surface area (Å²) in [5.74, 6) is -0.205. The van der Waals surface area contributed by atoms with Crippen LogP contribution >= 0.6 is 0 Å². The van der Waals surface area contributed by atoms with Gasteiger partial charge in [0.25, 0.3) is 0 Å². The first-order chi connectivity index (χ1) is 13.6. The zero-order valence-corrected chi connectivity index (χ0v) is 15.4. The second-order valence-electron chi connectivity index (χ2n) is 7.26. The highest BCUT2D eigenvalue weighted by molar-refractivity contribution is 5.99. The molecule has 1 aliphatic carbocycles. The van der Waals surface area contributed by atoms with Crippen molar-refractivity contribution < 1.29 is 9.18 Å². The van der Waals surface area contributed by atoms with Gasteiger partial charge in [-0.3, -0.25) is 4.79 Å². The molecule has 0 N–H and O–H groups in total. The van der Waals surface area contributed by atoms with Crippen LogP contribution in [0.2, 0.25) is 0 Å². The molecule has 5 heteroatoms. The number of hydrogen-bond donors (Lipinski definition) is 0. The summed E-state index contributed by atoms with van der Waals surface area (Å²) in [7, 11) is 0. The number of aryl methyl sites for hydroxylation is 1. The largest absolute Gasteiger partial charge is 0.294 e. The summed E-state index contributed by atoms with van der Waals surface area (Å²) >= 11 is 0. The normalized spacial score (nSPS) is 16.4. The molecule has 1 atom stereocenters. The van der Waals surface area contributed by atoms with E-state index in [-0.39, 0.29) is 17.5 Å². The molecule has 4 nitrogen and oxygen atoms in total. The summed E-state index contributed by atoms with van der Waals surface area (Å²) in [5.41, 5.74) is 6.16. The van der Waals surface area contributed by atoms with E-state index in [1.54, 1.807) is 18.3 Å². The van der Waals surface area contributed by atoms with E-state index in [1.807, 2.05) is 41.8 Å². The Hall–Kier alpha value is -3.34. The molecule has 0 saturated heterocycles. The van der Waals surface area contributed by atoms with Gasteiger partial charge in [0.2, 0.25) is 0 Å². The molecule has 2 heterocycles. The molecule has 0 saturated carbocycles. The van der Waals surface area contributed by atoms with E-state index in [1.165, 1.54) is 12.1 Å². The number of hydrogen-bond acceptors (Lipinski definition) is 3. The van der Waals surface area contributed by atoms with E-state index in [0.717, 1.165) is 33.7 Å². The first kappa shape index (κ1) is 16.8. The van der Waals surface area contributed by atoms with E-state index in [4.69, 9.17) is 5.10 Å². The summed E-state index contributed by atoms with van der Waals surface area (Å²) in [6.45, 7) is 1.96. The third kappa shape index (κ3) is 2.62. The van der Waals surface area contributed by atoms with Crippen LogP contribution in [0.1, 0.15) is 39.6 Å². The average Bonchev–Trinajstić information content (AvgIpc) is 3.05. The van der Waals surface area contributed by atoms with Crippen molar-refractivity contribution >= 4 is 11.4 Å². The van der Waals surface area contributed by atoms with Gasteiger partial charge in [0, 0.05) is 18.2 Å². The predicted octanol–water partition coefficient (Wildman–Crippen LogP) is 4.76. The minimum atomic E-state index is -0.270. The summed E-state index contributed by atoms with van der Waals surface area (Å²) < 4.78 is 15.1. The fourth-order valence-electron chi connectivity index (χ4n) is 4.12. The van der Waals surface area contributed by atoms with Crippen LogP contribution in [0.4, 0.5) is 4.39 Å². The molecular weight excluding hydrogens is 353 g/mol. The van der Waals surface area contributed by atoms with Crippen molar-refractivity contribution in [2.24, 2.45) is 0 Å². The number of Topliss-reactive ketones (excluding diaryl/α,β-unsaturated/α-hetero) is 1. The lowest BCUT2D eigenvalue weighted by atomic mass is 9.82. The Balaban J connectivity index is 1.66. The SMILES string of the molecule is Cc1nn2c3c(cnc2c1-c1ccccc1)C(=O)CC(c1ccc(F)cc1)C3. The van der Waals surface area contributed by atoms with Crippen molar-refractivity contribution in [3.63, 3.8) is 0 Å². The molecule has 2 aromatic heterocycles. The maximum atomic E-state index is 13.3. The van der Waals surface area contributed by atoms with Crippen LogP contribution in [0.15, 0.2) is 60.8 Å². The number of carbonyl (C=O) groups excluding carboxylic acids is 1. The maximum Gasteiger partial charge on any atom is 0.166 e. The van der Waals surface area contributed by atoms with Crippen molar-refractivity contribution in [3.05, 3.63) is 89.1 Å². The zero-order chi connectivity index (χ0) is 19.3. The number of carbonyl (C=O) groups is 1. The lowest BCUT2D eigenvalue weighted by Gasteiger charge is -2.24. The van der Waals surface area contributed by atoms with Crippen LogP contribution in [0.3, 0.4) is 0 Å². The monoisotopic (exact) mass is 371 g/mol. The number of fused-ring (bicyclic) bond motifs is 3. The third-order valence-electron chi connectivity index (χ3n) is 5.49. The number of aromatic nitrogens is 3. The second-order valence-corrected chi connectivity index (χ2v) is 7.26. The van der Waals surface area contributed by atoms with Gasteiger partial charge in [0.15, 0.2) is 11.4 Å². The Labute approximate surface area is 161 Å². The molecule has 2 aromatic carbocycles. The fourth-order valence-corrected chi connectivity index (χ4v) is 4.12. The van der Waals surface area contributed by atoms with Gasteiger partial charge in [0.05, 0.1) is 17.0 Å². The van der Waals surface area contributed by atoms with Crippen LogP contribution in [-0.4, -0.2) is 20.4 Å². The van der Waals surface area contributed by atoms with Gasteiger partial charge in [-0.25, -0.2) is 13.9 Å². The molecule has 0 spiro atoms. The quantitative estimate of drug-likeness (QED) is 0.511. The number of nitrogens with zero attached hydrogens (tertiary/aromatic N) is 3. The number of benzene rings is 2. The molecule has 0 fully saturated rings. The smallest absolute Gasteiger partial charge is 0.166 e. The van der Waals surface area contributed by atoms with Gasteiger partial charge < -0.3 is 0 Å². The summed E-state index contributed by atoms with van der Waals surface area (Å²) in [6, 6.07) is 16.5. The van der Waals surface area contributed by atoms with Gasteiger partial charge in [-0.05, 0) is 42.5 Å². The molecule has 0 radical (unpaired) electrons. The summed E-state index contributed by atoms with van der Waals surface area (Å²) in [5, 5.41) is 4.72. The van der Waals surface area contributed by atoms with Gasteiger partial charge in [-0.1, -0.05) is 42.5 Å². The van der Waals surface area contributed by atoms with Gasteiger partial charge in [0.1, 0.15) is 5.82 Å². The second kappa shape index (κ2) is 6.37. The molecule has 1 unspecified atom stereocenters. The van der Waals surface area contributed by atoms with Crippen molar-refractivity contribution in [1.82, 2.24) is 14.6 Å². The van der Waals surface area contributed by atoms with E-state index >= 15 is 0 Å². The van der Waals surface area contributed by atoms with E-state index in [0.29, 0.717) is 18.4 Å². The Morgan fingerprint density at radius 1 is 1.04 bits per heavy atom. The Kier molecular flexibility index (Phi) is 3.83. The van der Waals surface area contributed by atoms with Crippen molar-refractivity contribution in [3.8, 4) is 11.1 Å². The number of halogens is 1. The average molecular weight is 371 g/mol. The van der Waals surface area contributed by atoms with Crippen molar-refractivity contribution in [2.45, 2.75) is 25.7 Å². The Morgan fingerprint density at radius 2 is 1.79 bits per heavy atom. The molecule has 0 bridgehead atoms. The fraction of sp³-hybridized carbons (Fsp3) is 0.174. The number of rotatable bonds is 2. The molecule has 28 heavy (non-hydrogen) atoms. The molecule has 0 amide bonds. The van der Waals surface area contributed by atoms with Crippen molar-refractivity contribution in [1.29, 1.82) is 0 Å². The van der Waals surface area contributed by atoms with Crippen LogP contribution in [0, 0.1) is 12.7 Å². The first-order valence-corrected chi connectivity index (χ1v) is 9.33. The van der Waals surface area contributed by atoms with E-state index in [9.17, 15) is 9.18 Å². The highest BCUT2D eigenvalue weighted by Gasteiger charge is 2.30. The third-order valence-corrected chi connectivity index (χ3v) is 5.49. The highest BCUT2D eigenvalue weighted by Crippen LogP contribution is 2.35. The summed E-state index contributed by atoms with van der Waals surface area (Å²) in [4.78, 5) is 17.4. The van der Waals surface area contributed by atoms with Gasteiger partial charge >= 0.3 is 0 Å². The lowest BCUT2D eigenvalue weighted by molar-refractivity contribution is 0.0962.